The normalized spacial score (nSPS) is 11.5. The van der Waals surface area contributed by atoms with Crippen LogP contribution in [0.3, 0.4) is 0 Å². The van der Waals surface area contributed by atoms with Crippen LogP contribution in [0, 0.1) is 0 Å². The molecule has 144 valence electrons. The van der Waals surface area contributed by atoms with Crippen molar-refractivity contribution in [3.8, 4) is 5.75 Å². The predicted octanol–water partition coefficient (Wildman–Crippen LogP) is 3.77. The molecular formula is C21H25BrN2O3. The summed E-state index contributed by atoms with van der Waals surface area (Å²) in [5.74, 6) is 0.538. The molecule has 2 rings (SSSR count). The smallest absolute Gasteiger partial charge is 0.242 e. The summed E-state index contributed by atoms with van der Waals surface area (Å²) in [6.07, 6.45) is 0.908. The van der Waals surface area contributed by atoms with Gasteiger partial charge in [0.25, 0.3) is 0 Å². The van der Waals surface area contributed by atoms with E-state index in [-0.39, 0.29) is 11.8 Å². The molecule has 1 atom stereocenters. The highest BCUT2D eigenvalue weighted by Crippen LogP contribution is 2.16. The second-order valence-corrected chi connectivity index (χ2v) is 7.12. The van der Waals surface area contributed by atoms with Crippen molar-refractivity contribution in [2.24, 2.45) is 0 Å². The first-order chi connectivity index (χ1) is 13.0. The van der Waals surface area contributed by atoms with Gasteiger partial charge in [0.2, 0.25) is 11.8 Å². The number of carbonyl (C=O) groups excluding carboxylic acids is 2. The van der Waals surface area contributed by atoms with E-state index in [0.717, 1.165) is 15.8 Å². The van der Waals surface area contributed by atoms with Gasteiger partial charge in [-0.1, -0.05) is 46.3 Å². The number of hydrogen-bond donors (Lipinski definition) is 1. The van der Waals surface area contributed by atoms with Crippen LogP contribution in [0.25, 0.3) is 0 Å². The molecule has 0 fully saturated rings. The zero-order valence-electron chi connectivity index (χ0n) is 15.7. The van der Waals surface area contributed by atoms with E-state index in [0.29, 0.717) is 26.0 Å². The van der Waals surface area contributed by atoms with Crippen LogP contribution in [0.15, 0.2) is 59.1 Å². The number of para-hydroxylation sites is 1. The molecule has 2 aromatic rings. The first-order valence-corrected chi connectivity index (χ1v) is 9.74. The van der Waals surface area contributed by atoms with Gasteiger partial charge in [-0.3, -0.25) is 9.59 Å². The molecule has 0 bridgehead atoms. The number of benzene rings is 2. The van der Waals surface area contributed by atoms with Crippen LogP contribution in [-0.2, 0) is 16.1 Å². The van der Waals surface area contributed by atoms with Crippen LogP contribution < -0.4 is 10.1 Å². The highest BCUT2D eigenvalue weighted by atomic mass is 79.9. The standard InChI is InChI=1S/C21H25BrN2O3/c1-16(21(26)23-2)24(15-17-8-6-9-18(22)14-17)20(25)12-7-13-27-19-10-4-3-5-11-19/h3-6,8-11,14,16H,7,12-13,15H2,1-2H3,(H,23,26)/t16-/m0/s1. The molecule has 0 aromatic heterocycles. The topological polar surface area (TPSA) is 58.6 Å². The lowest BCUT2D eigenvalue weighted by molar-refractivity contribution is -0.140. The number of hydrogen-bond acceptors (Lipinski definition) is 3. The summed E-state index contributed by atoms with van der Waals surface area (Å²) in [7, 11) is 1.58. The maximum absolute atomic E-state index is 12.8. The first kappa shape index (κ1) is 21.0. The largest absolute Gasteiger partial charge is 0.494 e. The Bertz CT molecular complexity index is 752. The van der Waals surface area contributed by atoms with Crippen LogP contribution in [0.4, 0.5) is 0 Å². The molecule has 0 unspecified atom stereocenters. The fourth-order valence-corrected chi connectivity index (χ4v) is 3.14. The number of ether oxygens (including phenoxy) is 1. The van der Waals surface area contributed by atoms with Gasteiger partial charge in [-0.05, 0) is 43.2 Å². The van der Waals surface area contributed by atoms with Crippen LogP contribution in [0.1, 0.15) is 25.3 Å². The van der Waals surface area contributed by atoms with E-state index in [9.17, 15) is 9.59 Å². The van der Waals surface area contributed by atoms with Gasteiger partial charge in [-0.2, -0.15) is 0 Å². The molecule has 0 heterocycles. The van der Waals surface area contributed by atoms with Gasteiger partial charge in [-0.15, -0.1) is 0 Å². The van der Waals surface area contributed by atoms with Gasteiger partial charge in [-0.25, -0.2) is 0 Å². The van der Waals surface area contributed by atoms with Crippen molar-refractivity contribution in [3.05, 3.63) is 64.6 Å². The maximum Gasteiger partial charge on any atom is 0.242 e. The van der Waals surface area contributed by atoms with E-state index in [1.54, 1.807) is 18.9 Å². The van der Waals surface area contributed by atoms with Crippen molar-refractivity contribution in [2.45, 2.75) is 32.4 Å². The highest BCUT2D eigenvalue weighted by Gasteiger charge is 2.25. The summed E-state index contributed by atoms with van der Waals surface area (Å²) >= 11 is 3.44. The molecule has 5 nitrogen and oxygen atoms in total. The monoisotopic (exact) mass is 432 g/mol. The molecule has 27 heavy (non-hydrogen) atoms. The highest BCUT2D eigenvalue weighted by molar-refractivity contribution is 9.10. The van der Waals surface area contributed by atoms with E-state index >= 15 is 0 Å². The quantitative estimate of drug-likeness (QED) is 0.613. The molecule has 0 saturated heterocycles. The van der Waals surface area contributed by atoms with E-state index in [1.165, 1.54) is 0 Å². The lowest BCUT2D eigenvalue weighted by atomic mass is 10.1. The second kappa shape index (κ2) is 10.7. The van der Waals surface area contributed by atoms with E-state index in [2.05, 4.69) is 21.2 Å². The first-order valence-electron chi connectivity index (χ1n) is 8.94. The third kappa shape index (κ3) is 6.71. The van der Waals surface area contributed by atoms with Crippen LogP contribution in [-0.4, -0.2) is 36.4 Å². The average Bonchev–Trinajstić information content (AvgIpc) is 2.69. The summed E-state index contributed by atoms with van der Waals surface area (Å²) in [6.45, 7) is 2.58. The van der Waals surface area contributed by atoms with Crippen LogP contribution in [0.2, 0.25) is 0 Å². The zero-order chi connectivity index (χ0) is 19.6. The molecular weight excluding hydrogens is 408 g/mol. The van der Waals surface area contributed by atoms with Gasteiger partial charge in [0.05, 0.1) is 6.61 Å². The van der Waals surface area contributed by atoms with Gasteiger partial charge in [0.15, 0.2) is 0 Å². The van der Waals surface area contributed by atoms with Crippen LogP contribution in [0.5, 0.6) is 5.75 Å². The van der Waals surface area contributed by atoms with E-state index in [1.807, 2.05) is 54.6 Å². The molecule has 0 spiro atoms. The molecule has 2 aromatic carbocycles. The molecule has 1 N–H and O–H groups in total. The fourth-order valence-electron chi connectivity index (χ4n) is 2.70. The zero-order valence-corrected chi connectivity index (χ0v) is 17.2. The van der Waals surface area contributed by atoms with Crippen LogP contribution >= 0.6 is 15.9 Å². The number of amides is 2. The third-order valence-corrected chi connectivity index (χ3v) is 4.70. The van der Waals surface area contributed by atoms with Crippen molar-refractivity contribution >= 4 is 27.7 Å². The number of halogens is 1. The number of nitrogens with zero attached hydrogens (tertiary/aromatic N) is 1. The minimum absolute atomic E-state index is 0.0669. The Morgan fingerprint density at radius 3 is 2.56 bits per heavy atom. The Balaban J connectivity index is 1.96. The SMILES string of the molecule is CNC(=O)[C@H](C)N(Cc1cccc(Br)c1)C(=O)CCCOc1ccccc1. The number of rotatable bonds is 9. The van der Waals surface area contributed by atoms with Crippen molar-refractivity contribution in [2.75, 3.05) is 13.7 Å². The van der Waals surface area contributed by atoms with Crippen molar-refractivity contribution in [1.29, 1.82) is 0 Å². The molecule has 0 radical (unpaired) electrons. The van der Waals surface area contributed by atoms with Crippen molar-refractivity contribution in [3.63, 3.8) is 0 Å². The van der Waals surface area contributed by atoms with Crippen molar-refractivity contribution in [1.82, 2.24) is 10.2 Å². The van der Waals surface area contributed by atoms with Gasteiger partial charge in [0.1, 0.15) is 11.8 Å². The van der Waals surface area contributed by atoms with E-state index < -0.39 is 6.04 Å². The molecule has 6 heteroatoms. The lowest BCUT2D eigenvalue weighted by Gasteiger charge is -2.28. The Labute approximate surface area is 168 Å². The molecule has 0 saturated carbocycles. The number of likely N-dealkylation sites (N-methyl/N-ethyl adjacent to an activating group) is 1. The Hall–Kier alpha value is -2.34. The van der Waals surface area contributed by atoms with Gasteiger partial charge >= 0.3 is 0 Å². The third-order valence-electron chi connectivity index (χ3n) is 4.20. The molecule has 2 amide bonds. The minimum atomic E-state index is -0.545. The van der Waals surface area contributed by atoms with Gasteiger partial charge < -0.3 is 15.0 Å². The van der Waals surface area contributed by atoms with Crippen molar-refractivity contribution < 1.29 is 14.3 Å². The molecule has 0 aliphatic rings. The summed E-state index contributed by atoms with van der Waals surface area (Å²) in [6, 6.07) is 16.7. The number of nitrogens with one attached hydrogen (secondary N) is 1. The fraction of sp³-hybridized carbons (Fsp3) is 0.333. The summed E-state index contributed by atoms with van der Waals surface area (Å²) < 4.78 is 6.58. The van der Waals surface area contributed by atoms with Gasteiger partial charge in [0, 0.05) is 24.5 Å². The average molecular weight is 433 g/mol. The summed E-state index contributed by atoms with van der Waals surface area (Å²) in [5, 5.41) is 2.62. The Morgan fingerprint density at radius 2 is 1.89 bits per heavy atom. The Kier molecular flexibility index (Phi) is 8.33. The second-order valence-electron chi connectivity index (χ2n) is 6.21. The minimum Gasteiger partial charge on any atom is -0.494 e. The Morgan fingerprint density at radius 1 is 1.15 bits per heavy atom. The molecule has 0 aliphatic heterocycles. The van der Waals surface area contributed by atoms with E-state index in [4.69, 9.17) is 4.74 Å². The predicted molar refractivity (Wildman–Crippen MR) is 109 cm³/mol. The maximum atomic E-state index is 12.8. The summed E-state index contributed by atoms with van der Waals surface area (Å²) in [5.41, 5.74) is 0.967. The summed E-state index contributed by atoms with van der Waals surface area (Å²) in [4.78, 5) is 26.5. The number of carbonyl (C=O) groups is 2. The molecule has 0 aliphatic carbocycles. The lowest BCUT2D eigenvalue weighted by Crippen LogP contribution is -2.46.